The number of carbonyl (C=O) groups is 1. The fourth-order valence-electron chi connectivity index (χ4n) is 3.78. The Labute approximate surface area is 151 Å². The number of thiophene rings is 1. The predicted molar refractivity (Wildman–Crippen MR) is 102 cm³/mol. The van der Waals surface area contributed by atoms with Crippen molar-refractivity contribution in [3.05, 3.63) is 53.0 Å². The predicted octanol–water partition coefficient (Wildman–Crippen LogP) is 5.22. The van der Waals surface area contributed by atoms with Crippen LogP contribution in [-0.2, 0) is 11.3 Å². The van der Waals surface area contributed by atoms with Crippen molar-refractivity contribution in [3.63, 3.8) is 0 Å². The van der Waals surface area contributed by atoms with Gasteiger partial charge in [0.25, 0.3) is 5.91 Å². The summed E-state index contributed by atoms with van der Waals surface area (Å²) in [5, 5.41) is 5.16. The van der Waals surface area contributed by atoms with Crippen LogP contribution >= 0.6 is 11.3 Å². The lowest BCUT2D eigenvalue weighted by atomic mass is 10.2. The summed E-state index contributed by atoms with van der Waals surface area (Å²) in [4.78, 5) is 13.0. The lowest BCUT2D eigenvalue weighted by Gasteiger charge is -2.17. The number of anilines is 1. The summed E-state index contributed by atoms with van der Waals surface area (Å²) in [7, 11) is 1.67. The topological polar surface area (TPSA) is 43.3 Å². The molecule has 1 N–H and O–H groups in total. The molecule has 2 heterocycles. The molecule has 3 aromatic rings. The van der Waals surface area contributed by atoms with Crippen LogP contribution in [0.4, 0.5) is 5.69 Å². The zero-order chi connectivity index (χ0) is 17.2. The van der Waals surface area contributed by atoms with Crippen molar-refractivity contribution >= 4 is 33.1 Å². The number of rotatable bonds is 5. The Balaban J connectivity index is 1.64. The molecule has 0 aliphatic heterocycles. The van der Waals surface area contributed by atoms with Crippen molar-refractivity contribution in [3.8, 4) is 0 Å². The molecule has 1 fully saturated rings. The van der Waals surface area contributed by atoms with Gasteiger partial charge in [-0.15, -0.1) is 11.3 Å². The molecule has 2 aromatic heterocycles. The van der Waals surface area contributed by atoms with Gasteiger partial charge in [-0.1, -0.05) is 25.0 Å². The molecule has 1 aliphatic carbocycles. The molecule has 0 bridgehead atoms. The SMILES string of the molecule is COCc1cccc(NC(=O)c2cc3sccc3n2C2CCCC2)c1. The number of methoxy groups -OCH3 is 1. The number of fused-ring (bicyclic) bond motifs is 1. The van der Waals surface area contributed by atoms with Gasteiger partial charge in [-0.25, -0.2) is 0 Å². The van der Waals surface area contributed by atoms with Gasteiger partial charge in [-0.2, -0.15) is 0 Å². The first-order chi connectivity index (χ1) is 12.3. The Morgan fingerprint density at radius 1 is 1.28 bits per heavy atom. The molecule has 25 heavy (non-hydrogen) atoms. The molecule has 0 spiro atoms. The fourth-order valence-corrected chi connectivity index (χ4v) is 4.59. The summed E-state index contributed by atoms with van der Waals surface area (Å²) in [5.41, 5.74) is 3.82. The maximum Gasteiger partial charge on any atom is 0.272 e. The molecule has 0 radical (unpaired) electrons. The number of benzene rings is 1. The Bertz CT molecular complexity index is 890. The second-order valence-electron chi connectivity index (χ2n) is 6.60. The van der Waals surface area contributed by atoms with Crippen molar-refractivity contribution < 1.29 is 9.53 Å². The number of ether oxygens (including phenoxy) is 1. The lowest BCUT2D eigenvalue weighted by molar-refractivity contribution is 0.101. The second kappa shape index (κ2) is 7.02. The molecule has 0 unspecified atom stereocenters. The van der Waals surface area contributed by atoms with Crippen LogP contribution in [0.3, 0.4) is 0 Å². The molecular formula is C20H22N2O2S. The number of nitrogens with zero attached hydrogens (tertiary/aromatic N) is 1. The molecule has 0 atom stereocenters. The summed E-state index contributed by atoms with van der Waals surface area (Å²) in [5.74, 6) is -0.0372. The highest BCUT2D eigenvalue weighted by Gasteiger charge is 2.25. The van der Waals surface area contributed by atoms with Gasteiger partial charge in [0.15, 0.2) is 0 Å². The van der Waals surface area contributed by atoms with Gasteiger partial charge in [-0.05, 0) is 48.1 Å². The molecule has 4 nitrogen and oxygen atoms in total. The molecule has 1 aliphatic rings. The van der Waals surface area contributed by atoms with E-state index in [-0.39, 0.29) is 5.91 Å². The minimum Gasteiger partial charge on any atom is -0.380 e. The number of nitrogens with one attached hydrogen (secondary N) is 1. The molecule has 1 saturated carbocycles. The Morgan fingerprint density at radius 3 is 2.92 bits per heavy atom. The van der Waals surface area contributed by atoms with Crippen LogP contribution in [0.25, 0.3) is 10.2 Å². The average Bonchev–Trinajstić information content (AvgIpc) is 3.32. The van der Waals surface area contributed by atoms with Crippen molar-refractivity contribution in [1.82, 2.24) is 4.57 Å². The van der Waals surface area contributed by atoms with Crippen molar-refractivity contribution in [2.24, 2.45) is 0 Å². The number of amides is 1. The Kier molecular flexibility index (Phi) is 4.59. The lowest BCUT2D eigenvalue weighted by Crippen LogP contribution is -2.19. The zero-order valence-electron chi connectivity index (χ0n) is 14.3. The third-order valence-electron chi connectivity index (χ3n) is 4.88. The standard InChI is InChI=1S/C20H22N2O2S/c1-24-13-14-5-4-6-15(11-14)21-20(23)18-12-19-17(9-10-25-19)22(18)16-7-2-3-8-16/h4-6,9-12,16H,2-3,7-8,13H2,1H3,(H,21,23). The zero-order valence-corrected chi connectivity index (χ0v) is 15.1. The van der Waals surface area contributed by atoms with Crippen LogP contribution in [0.5, 0.6) is 0 Å². The van der Waals surface area contributed by atoms with Gasteiger partial charge in [-0.3, -0.25) is 4.79 Å². The van der Waals surface area contributed by atoms with E-state index in [1.54, 1.807) is 18.4 Å². The first kappa shape index (κ1) is 16.4. The van der Waals surface area contributed by atoms with E-state index in [2.05, 4.69) is 21.3 Å². The summed E-state index contributed by atoms with van der Waals surface area (Å²) in [6.45, 7) is 0.540. The smallest absolute Gasteiger partial charge is 0.272 e. The van der Waals surface area contributed by atoms with E-state index in [0.717, 1.165) is 29.8 Å². The third-order valence-corrected chi connectivity index (χ3v) is 5.73. The van der Waals surface area contributed by atoms with Crippen LogP contribution in [0, 0.1) is 0 Å². The van der Waals surface area contributed by atoms with Crippen molar-refractivity contribution in [2.75, 3.05) is 12.4 Å². The highest BCUT2D eigenvalue weighted by Crippen LogP contribution is 2.36. The van der Waals surface area contributed by atoms with Gasteiger partial charge in [0.05, 0.1) is 16.8 Å². The van der Waals surface area contributed by atoms with Gasteiger partial charge < -0.3 is 14.6 Å². The number of hydrogen-bond donors (Lipinski definition) is 1. The highest BCUT2D eigenvalue weighted by atomic mass is 32.1. The molecule has 5 heteroatoms. The first-order valence-corrected chi connectivity index (χ1v) is 9.62. The van der Waals surface area contributed by atoms with E-state index in [9.17, 15) is 4.79 Å². The molecule has 1 amide bonds. The number of aromatic nitrogens is 1. The van der Waals surface area contributed by atoms with Crippen LogP contribution in [0.1, 0.15) is 47.8 Å². The van der Waals surface area contributed by atoms with Gasteiger partial charge in [0.2, 0.25) is 0 Å². The monoisotopic (exact) mass is 354 g/mol. The molecule has 1 aromatic carbocycles. The van der Waals surface area contributed by atoms with E-state index >= 15 is 0 Å². The van der Waals surface area contributed by atoms with E-state index in [0.29, 0.717) is 12.6 Å². The number of hydrogen-bond acceptors (Lipinski definition) is 3. The Morgan fingerprint density at radius 2 is 2.12 bits per heavy atom. The van der Waals surface area contributed by atoms with Gasteiger partial charge >= 0.3 is 0 Å². The summed E-state index contributed by atoms with van der Waals surface area (Å²) < 4.78 is 8.62. The summed E-state index contributed by atoms with van der Waals surface area (Å²) in [6, 6.07) is 12.4. The molecular weight excluding hydrogens is 332 g/mol. The van der Waals surface area contributed by atoms with Crippen LogP contribution < -0.4 is 5.32 Å². The van der Waals surface area contributed by atoms with E-state index < -0.39 is 0 Å². The largest absolute Gasteiger partial charge is 0.380 e. The fraction of sp³-hybridized carbons (Fsp3) is 0.350. The summed E-state index contributed by atoms with van der Waals surface area (Å²) >= 11 is 1.70. The summed E-state index contributed by atoms with van der Waals surface area (Å²) in [6.07, 6.45) is 4.80. The van der Waals surface area contributed by atoms with Gasteiger partial charge in [0, 0.05) is 18.8 Å². The quantitative estimate of drug-likeness (QED) is 0.683. The first-order valence-electron chi connectivity index (χ1n) is 8.74. The second-order valence-corrected chi connectivity index (χ2v) is 7.54. The van der Waals surface area contributed by atoms with Gasteiger partial charge in [0.1, 0.15) is 5.69 Å². The maximum atomic E-state index is 13.0. The average molecular weight is 354 g/mol. The van der Waals surface area contributed by atoms with E-state index in [4.69, 9.17) is 4.74 Å². The minimum atomic E-state index is -0.0372. The van der Waals surface area contributed by atoms with Crippen molar-refractivity contribution in [2.45, 2.75) is 38.3 Å². The van der Waals surface area contributed by atoms with Crippen LogP contribution in [0.2, 0.25) is 0 Å². The molecule has 4 rings (SSSR count). The molecule has 0 saturated heterocycles. The van der Waals surface area contributed by atoms with Crippen LogP contribution in [0.15, 0.2) is 41.8 Å². The maximum absolute atomic E-state index is 13.0. The van der Waals surface area contributed by atoms with E-state index in [1.807, 2.05) is 30.3 Å². The highest BCUT2D eigenvalue weighted by molar-refractivity contribution is 7.17. The minimum absolute atomic E-state index is 0.0372. The normalized spacial score (nSPS) is 15.1. The van der Waals surface area contributed by atoms with Crippen LogP contribution in [-0.4, -0.2) is 17.6 Å². The van der Waals surface area contributed by atoms with Crippen molar-refractivity contribution in [1.29, 1.82) is 0 Å². The van der Waals surface area contributed by atoms with E-state index in [1.165, 1.54) is 23.1 Å². The number of carbonyl (C=O) groups excluding carboxylic acids is 1. The third kappa shape index (κ3) is 3.22. The Hall–Kier alpha value is -2.11. The molecule has 130 valence electrons.